The summed E-state index contributed by atoms with van der Waals surface area (Å²) in [5.74, 6) is 0. The fraction of sp³-hybridized carbons (Fsp3) is 0.143. The fourth-order valence-corrected chi connectivity index (χ4v) is 2.88. The van der Waals surface area contributed by atoms with Crippen LogP contribution in [-0.4, -0.2) is 10.0 Å². The van der Waals surface area contributed by atoms with Crippen molar-refractivity contribution in [1.82, 2.24) is 0 Å². The molecule has 0 aliphatic rings. The van der Waals surface area contributed by atoms with Gasteiger partial charge in [-0.1, -0.05) is 60.7 Å². The van der Waals surface area contributed by atoms with Crippen molar-refractivity contribution in [2.75, 3.05) is 5.32 Å². The Morgan fingerprint density at radius 1 is 0.846 bits per heavy atom. The largest absolute Gasteiger partial charge is 0.388 e. The van der Waals surface area contributed by atoms with E-state index < -0.39 is 11.0 Å². The summed E-state index contributed by atoms with van der Waals surface area (Å²) in [7, 11) is 0. The molecule has 0 aliphatic heterocycles. The number of hydrogen-bond acceptors (Lipinski definition) is 4. The number of non-ortho nitro benzene ring substituents is 1. The Morgan fingerprint density at radius 3 is 1.92 bits per heavy atom. The number of benzene rings is 3. The first-order chi connectivity index (χ1) is 12.6. The van der Waals surface area contributed by atoms with Crippen molar-refractivity contribution in [2.45, 2.75) is 18.6 Å². The molecule has 0 fully saturated rings. The summed E-state index contributed by atoms with van der Waals surface area (Å²) >= 11 is 0. The Kier molecular flexibility index (Phi) is 5.61. The Hall–Kier alpha value is -3.18. The first-order valence-electron chi connectivity index (χ1n) is 8.42. The van der Waals surface area contributed by atoms with Gasteiger partial charge in [-0.3, -0.25) is 10.1 Å². The van der Waals surface area contributed by atoms with Gasteiger partial charge in [0.05, 0.1) is 17.1 Å². The molecule has 0 aromatic heterocycles. The monoisotopic (exact) mass is 348 g/mol. The van der Waals surface area contributed by atoms with Gasteiger partial charge in [-0.05, 0) is 23.3 Å². The summed E-state index contributed by atoms with van der Waals surface area (Å²) in [6, 6.07) is 25.6. The molecule has 0 spiro atoms. The molecule has 0 saturated carbocycles. The molecule has 0 aliphatic carbocycles. The molecule has 0 radical (unpaired) electrons. The van der Waals surface area contributed by atoms with Crippen LogP contribution in [0.1, 0.15) is 29.7 Å². The minimum Gasteiger partial charge on any atom is -0.388 e. The van der Waals surface area contributed by atoms with Crippen LogP contribution in [0.25, 0.3) is 0 Å². The lowest BCUT2D eigenvalue weighted by Crippen LogP contribution is -2.14. The number of rotatable bonds is 7. The van der Waals surface area contributed by atoms with Crippen molar-refractivity contribution in [3.8, 4) is 0 Å². The first kappa shape index (κ1) is 17.6. The molecule has 132 valence electrons. The Labute approximate surface area is 152 Å². The number of hydrogen-bond donors (Lipinski definition) is 2. The topological polar surface area (TPSA) is 75.4 Å². The van der Waals surface area contributed by atoms with E-state index in [1.165, 1.54) is 12.1 Å². The maximum Gasteiger partial charge on any atom is 0.269 e. The Morgan fingerprint density at radius 2 is 1.38 bits per heavy atom. The maximum atomic E-state index is 10.8. The predicted octanol–water partition coefficient (Wildman–Crippen LogP) is 4.87. The van der Waals surface area contributed by atoms with Crippen LogP contribution in [0, 0.1) is 10.1 Å². The van der Waals surface area contributed by atoms with Crippen LogP contribution in [0.5, 0.6) is 0 Å². The maximum absolute atomic E-state index is 10.8. The second kappa shape index (κ2) is 8.27. The number of aliphatic hydroxyl groups is 1. The second-order valence-electron chi connectivity index (χ2n) is 6.07. The summed E-state index contributed by atoms with van der Waals surface area (Å²) in [4.78, 5) is 10.4. The molecule has 3 aromatic rings. The highest BCUT2D eigenvalue weighted by molar-refractivity contribution is 5.50. The summed E-state index contributed by atoms with van der Waals surface area (Å²) in [6.45, 7) is 0. The fourth-order valence-electron chi connectivity index (χ4n) is 2.88. The standard InChI is InChI=1S/C21H20N2O3/c24-21(17-9-5-2-6-10-17)15-20(16-7-3-1-4-8-16)22-18-11-13-19(14-12-18)23(25)26/h1-14,20-22,24H,15H2. The van der Waals surface area contributed by atoms with Gasteiger partial charge in [0, 0.05) is 24.2 Å². The zero-order valence-corrected chi connectivity index (χ0v) is 14.2. The third-order valence-corrected chi connectivity index (χ3v) is 4.26. The summed E-state index contributed by atoms with van der Waals surface area (Å²) in [5, 5.41) is 24.8. The molecule has 3 rings (SSSR count). The zero-order valence-electron chi connectivity index (χ0n) is 14.2. The van der Waals surface area contributed by atoms with Crippen LogP contribution in [0.3, 0.4) is 0 Å². The van der Waals surface area contributed by atoms with Crippen molar-refractivity contribution in [3.05, 3.63) is 106 Å². The number of nitro benzene ring substituents is 1. The summed E-state index contributed by atoms with van der Waals surface area (Å²) < 4.78 is 0. The molecule has 3 aromatic carbocycles. The molecule has 5 heteroatoms. The molecule has 5 nitrogen and oxygen atoms in total. The van der Waals surface area contributed by atoms with Gasteiger partial charge in [-0.2, -0.15) is 0 Å². The van der Waals surface area contributed by atoms with E-state index in [0.29, 0.717) is 6.42 Å². The molecular weight excluding hydrogens is 328 g/mol. The second-order valence-corrected chi connectivity index (χ2v) is 6.07. The average molecular weight is 348 g/mol. The number of anilines is 1. The summed E-state index contributed by atoms with van der Waals surface area (Å²) in [5.41, 5.74) is 2.72. The highest BCUT2D eigenvalue weighted by Gasteiger charge is 2.18. The minimum atomic E-state index is -0.619. The van der Waals surface area contributed by atoms with Crippen molar-refractivity contribution in [1.29, 1.82) is 0 Å². The lowest BCUT2D eigenvalue weighted by molar-refractivity contribution is -0.384. The smallest absolute Gasteiger partial charge is 0.269 e. The van der Waals surface area contributed by atoms with E-state index in [-0.39, 0.29) is 11.7 Å². The first-order valence-corrected chi connectivity index (χ1v) is 8.42. The molecule has 0 saturated heterocycles. The number of nitrogens with one attached hydrogen (secondary N) is 1. The van der Waals surface area contributed by atoms with Crippen molar-refractivity contribution in [2.24, 2.45) is 0 Å². The van der Waals surface area contributed by atoms with Crippen molar-refractivity contribution >= 4 is 11.4 Å². The van der Waals surface area contributed by atoms with Crippen LogP contribution < -0.4 is 5.32 Å². The van der Waals surface area contributed by atoms with E-state index in [4.69, 9.17) is 0 Å². The predicted molar refractivity (Wildman–Crippen MR) is 102 cm³/mol. The molecule has 2 atom stereocenters. The molecule has 2 unspecified atom stereocenters. The number of nitro groups is 1. The average Bonchev–Trinajstić information content (AvgIpc) is 2.69. The van der Waals surface area contributed by atoms with Crippen LogP contribution >= 0.6 is 0 Å². The van der Waals surface area contributed by atoms with Gasteiger partial charge >= 0.3 is 0 Å². The molecule has 26 heavy (non-hydrogen) atoms. The van der Waals surface area contributed by atoms with Crippen molar-refractivity contribution in [3.63, 3.8) is 0 Å². The van der Waals surface area contributed by atoms with Crippen LogP contribution in [0.4, 0.5) is 11.4 Å². The van der Waals surface area contributed by atoms with Gasteiger partial charge in [0.25, 0.3) is 5.69 Å². The van der Waals surface area contributed by atoms with Gasteiger partial charge < -0.3 is 10.4 Å². The quantitative estimate of drug-likeness (QED) is 0.472. The lowest BCUT2D eigenvalue weighted by Gasteiger charge is -2.23. The van der Waals surface area contributed by atoms with Crippen LogP contribution in [0.15, 0.2) is 84.9 Å². The zero-order chi connectivity index (χ0) is 18.4. The van der Waals surface area contributed by atoms with Crippen LogP contribution in [0.2, 0.25) is 0 Å². The minimum absolute atomic E-state index is 0.0520. The van der Waals surface area contributed by atoms with Crippen molar-refractivity contribution < 1.29 is 10.0 Å². The number of nitrogens with zero attached hydrogens (tertiary/aromatic N) is 1. The molecule has 0 bridgehead atoms. The molecule has 0 heterocycles. The molecule has 2 N–H and O–H groups in total. The Bertz CT molecular complexity index is 836. The Balaban J connectivity index is 1.81. The normalized spacial score (nSPS) is 13.0. The third kappa shape index (κ3) is 4.46. The van der Waals surface area contributed by atoms with Gasteiger partial charge in [-0.25, -0.2) is 0 Å². The van der Waals surface area contributed by atoms with Crippen LogP contribution in [-0.2, 0) is 0 Å². The third-order valence-electron chi connectivity index (χ3n) is 4.26. The van der Waals surface area contributed by atoms with Gasteiger partial charge in [-0.15, -0.1) is 0 Å². The van der Waals surface area contributed by atoms with E-state index in [9.17, 15) is 15.2 Å². The van der Waals surface area contributed by atoms with E-state index in [0.717, 1.165) is 16.8 Å². The van der Waals surface area contributed by atoms with E-state index in [2.05, 4.69) is 5.32 Å². The lowest BCUT2D eigenvalue weighted by atomic mass is 9.96. The number of aliphatic hydroxyl groups excluding tert-OH is 1. The van der Waals surface area contributed by atoms with E-state index in [1.54, 1.807) is 12.1 Å². The SMILES string of the molecule is O=[N+]([O-])c1ccc(NC(CC(O)c2ccccc2)c2ccccc2)cc1. The molecular formula is C21H20N2O3. The van der Waals surface area contributed by atoms with E-state index >= 15 is 0 Å². The van der Waals surface area contributed by atoms with Gasteiger partial charge in [0.2, 0.25) is 0 Å². The van der Waals surface area contributed by atoms with E-state index in [1.807, 2.05) is 60.7 Å². The summed E-state index contributed by atoms with van der Waals surface area (Å²) in [6.07, 6.45) is -0.141. The highest BCUT2D eigenvalue weighted by Crippen LogP contribution is 2.30. The highest BCUT2D eigenvalue weighted by atomic mass is 16.6. The van der Waals surface area contributed by atoms with Gasteiger partial charge in [0.15, 0.2) is 0 Å². The molecule has 0 amide bonds. The van der Waals surface area contributed by atoms with Gasteiger partial charge in [0.1, 0.15) is 0 Å².